The van der Waals surface area contributed by atoms with Gasteiger partial charge in [-0.1, -0.05) is 48.5 Å². The molecule has 1 heterocycles. The Bertz CT molecular complexity index is 1030. The van der Waals surface area contributed by atoms with Crippen LogP contribution in [-0.2, 0) is 9.59 Å². The number of carbonyl (C=O) groups excluding carboxylic acids is 2. The van der Waals surface area contributed by atoms with Gasteiger partial charge in [-0.2, -0.15) is 0 Å². The lowest BCUT2D eigenvalue weighted by atomic mass is 10.0. The maximum atomic E-state index is 12.8. The highest BCUT2D eigenvalue weighted by Crippen LogP contribution is 2.28. The van der Waals surface area contributed by atoms with Gasteiger partial charge in [0, 0.05) is 35.6 Å². The van der Waals surface area contributed by atoms with Crippen molar-refractivity contribution in [3.05, 3.63) is 78.9 Å². The molecule has 0 radical (unpaired) electrons. The van der Waals surface area contributed by atoms with Crippen molar-refractivity contribution in [3.63, 3.8) is 0 Å². The molecule has 0 saturated carbocycles. The molecule has 0 bridgehead atoms. The number of anilines is 3. The normalized spacial score (nSPS) is 14.4. The molecule has 5 heteroatoms. The van der Waals surface area contributed by atoms with Gasteiger partial charge in [0.15, 0.2) is 0 Å². The van der Waals surface area contributed by atoms with Gasteiger partial charge in [0.1, 0.15) is 6.04 Å². The molecular weight excluding hydrogens is 374 g/mol. The average molecular weight is 399 g/mol. The highest BCUT2D eigenvalue weighted by molar-refractivity contribution is 5.99. The summed E-state index contributed by atoms with van der Waals surface area (Å²) in [5.74, 6) is 0.0534. The fraction of sp³-hybridized carbons (Fsp3) is 0.200. The molecule has 5 nitrogen and oxygen atoms in total. The summed E-state index contributed by atoms with van der Waals surface area (Å²) in [6, 6.07) is 25.0. The number of amides is 2. The van der Waals surface area contributed by atoms with E-state index >= 15 is 0 Å². The molecule has 4 rings (SSSR count). The van der Waals surface area contributed by atoms with Gasteiger partial charge in [-0.05, 0) is 49.2 Å². The molecule has 0 unspecified atom stereocenters. The van der Waals surface area contributed by atoms with E-state index in [1.807, 2.05) is 85.8 Å². The second-order valence-electron chi connectivity index (χ2n) is 7.46. The Morgan fingerprint density at radius 3 is 2.33 bits per heavy atom. The second kappa shape index (κ2) is 8.82. The molecule has 2 amide bonds. The zero-order valence-electron chi connectivity index (χ0n) is 17.0. The minimum atomic E-state index is -0.423. The number of para-hydroxylation sites is 1. The number of hydrogen-bond donors (Lipinski definition) is 2. The minimum absolute atomic E-state index is 0.114. The van der Waals surface area contributed by atoms with E-state index in [1.165, 1.54) is 0 Å². The first-order chi connectivity index (χ1) is 14.6. The zero-order chi connectivity index (χ0) is 20.9. The Morgan fingerprint density at radius 2 is 1.63 bits per heavy atom. The fourth-order valence-corrected chi connectivity index (χ4v) is 3.68. The van der Waals surface area contributed by atoms with E-state index in [4.69, 9.17) is 0 Å². The number of carbonyl (C=O) groups is 2. The Morgan fingerprint density at radius 1 is 0.933 bits per heavy atom. The molecule has 30 heavy (non-hydrogen) atoms. The van der Waals surface area contributed by atoms with Crippen molar-refractivity contribution < 1.29 is 9.59 Å². The lowest BCUT2D eigenvalue weighted by Crippen LogP contribution is -2.32. The van der Waals surface area contributed by atoms with Crippen LogP contribution < -0.4 is 15.5 Å². The number of rotatable bonds is 6. The van der Waals surface area contributed by atoms with Gasteiger partial charge in [0.05, 0.1) is 0 Å². The first-order valence-corrected chi connectivity index (χ1v) is 10.2. The summed E-state index contributed by atoms with van der Waals surface area (Å²) in [6.07, 6.45) is 1.52. The summed E-state index contributed by atoms with van der Waals surface area (Å²) in [5, 5.41) is 6.27. The van der Waals surface area contributed by atoms with E-state index in [9.17, 15) is 9.59 Å². The average Bonchev–Trinajstić information content (AvgIpc) is 3.21. The van der Waals surface area contributed by atoms with Crippen LogP contribution in [0.15, 0.2) is 78.9 Å². The summed E-state index contributed by atoms with van der Waals surface area (Å²) in [5.41, 5.74) is 4.56. The van der Waals surface area contributed by atoms with Crippen LogP contribution in [0.2, 0.25) is 0 Å². The van der Waals surface area contributed by atoms with Gasteiger partial charge in [0.2, 0.25) is 11.8 Å². The highest BCUT2D eigenvalue weighted by atomic mass is 16.2. The third-order valence-electron chi connectivity index (χ3n) is 5.30. The van der Waals surface area contributed by atoms with E-state index in [2.05, 4.69) is 10.6 Å². The van der Waals surface area contributed by atoms with Crippen molar-refractivity contribution in [1.29, 1.82) is 0 Å². The molecule has 1 fully saturated rings. The molecule has 3 aromatic rings. The standard InChI is InChI=1S/C25H25N3O2/c1-18(26-20-13-15-21(16-14-20)28-17-7-12-24(28)29)25(30)27-23-11-6-5-10-22(23)19-8-3-2-4-9-19/h2-6,8-11,13-16,18,26H,7,12,17H2,1H3,(H,27,30)/t18-/m0/s1. The Hall–Kier alpha value is -3.60. The highest BCUT2D eigenvalue weighted by Gasteiger charge is 2.21. The summed E-state index contributed by atoms with van der Waals surface area (Å²) >= 11 is 0. The first-order valence-electron chi connectivity index (χ1n) is 10.2. The quantitative estimate of drug-likeness (QED) is 0.618. The molecule has 0 aromatic heterocycles. The lowest BCUT2D eigenvalue weighted by molar-refractivity contribution is -0.117. The van der Waals surface area contributed by atoms with Crippen LogP contribution in [0.25, 0.3) is 11.1 Å². The van der Waals surface area contributed by atoms with Gasteiger partial charge < -0.3 is 15.5 Å². The summed E-state index contributed by atoms with van der Waals surface area (Å²) < 4.78 is 0. The topological polar surface area (TPSA) is 61.4 Å². The largest absolute Gasteiger partial charge is 0.374 e. The van der Waals surface area contributed by atoms with Gasteiger partial charge >= 0.3 is 0 Å². The zero-order valence-corrected chi connectivity index (χ0v) is 17.0. The molecule has 0 spiro atoms. The van der Waals surface area contributed by atoms with Crippen molar-refractivity contribution in [2.24, 2.45) is 0 Å². The van der Waals surface area contributed by atoms with Crippen molar-refractivity contribution in [2.75, 3.05) is 22.1 Å². The van der Waals surface area contributed by atoms with Crippen LogP contribution >= 0.6 is 0 Å². The second-order valence-corrected chi connectivity index (χ2v) is 7.46. The van der Waals surface area contributed by atoms with E-state index in [0.717, 1.165) is 41.2 Å². The SMILES string of the molecule is C[C@H](Nc1ccc(N2CCCC2=O)cc1)C(=O)Nc1ccccc1-c1ccccc1. The molecule has 152 valence electrons. The predicted octanol–water partition coefficient (Wildman–Crippen LogP) is 4.92. The molecule has 3 aromatic carbocycles. The van der Waals surface area contributed by atoms with E-state index < -0.39 is 6.04 Å². The Balaban J connectivity index is 1.42. The summed E-state index contributed by atoms with van der Waals surface area (Å²) in [4.78, 5) is 26.5. The van der Waals surface area contributed by atoms with Crippen molar-refractivity contribution in [2.45, 2.75) is 25.8 Å². The van der Waals surface area contributed by atoms with E-state index in [-0.39, 0.29) is 11.8 Å². The smallest absolute Gasteiger partial charge is 0.246 e. The molecule has 2 N–H and O–H groups in total. The van der Waals surface area contributed by atoms with Gasteiger partial charge in [0.25, 0.3) is 0 Å². The van der Waals surface area contributed by atoms with Gasteiger partial charge in [-0.3, -0.25) is 9.59 Å². The molecule has 1 saturated heterocycles. The van der Waals surface area contributed by atoms with Crippen molar-refractivity contribution in [3.8, 4) is 11.1 Å². The van der Waals surface area contributed by atoms with Crippen LogP contribution in [0.1, 0.15) is 19.8 Å². The summed E-state index contributed by atoms with van der Waals surface area (Å²) in [7, 11) is 0. The number of nitrogens with one attached hydrogen (secondary N) is 2. The molecule has 1 atom stereocenters. The monoisotopic (exact) mass is 399 g/mol. The predicted molar refractivity (Wildman–Crippen MR) is 122 cm³/mol. The minimum Gasteiger partial charge on any atom is -0.374 e. The van der Waals surface area contributed by atoms with Crippen LogP contribution in [0.5, 0.6) is 0 Å². The number of benzene rings is 3. The van der Waals surface area contributed by atoms with Crippen LogP contribution in [-0.4, -0.2) is 24.4 Å². The Labute approximate surface area is 176 Å². The summed E-state index contributed by atoms with van der Waals surface area (Å²) in [6.45, 7) is 2.60. The third kappa shape index (κ3) is 4.35. The number of hydrogen-bond acceptors (Lipinski definition) is 3. The van der Waals surface area contributed by atoms with E-state index in [0.29, 0.717) is 6.42 Å². The maximum Gasteiger partial charge on any atom is 0.246 e. The molecule has 1 aliphatic rings. The Kier molecular flexibility index (Phi) is 5.80. The van der Waals surface area contributed by atoms with E-state index in [1.54, 1.807) is 4.90 Å². The van der Waals surface area contributed by atoms with Crippen molar-refractivity contribution >= 4 is 28.9 Å². The molecule has 0 aliphatic carbocycles. The first kappa shape index (κ1) is 19.7. The van der Waals surface area contributed by atoms with Crippen molar-refractivity contribution in [1.82, 2.24) is 0 Å². The van der Waals surface area contributed by atoms with Crippen LogP contribution in [0.3, 0.4) is 0 Å². The van der Waals surface area contributed by atoms with Crippen LogP contribution in [0, 0.1) is 0 Å². The maximum absolute atomic E-state index is 12.8. The molecule has 1 aliphatic heterocycles. The van der Waals surface area contributed by atoms with Gasteiger partial charge in [-0.25, -0.2) is 0 Å². The fourth-order valence-electron chi connectivity index (χ4n) is 3.68. The van der Waals surface area contributed by atoms with Crippen LogP contribution in [0.4, 0.5) is 17.1 Å². The molecular formula is C25H25N3O2. The third-order valence-corrected chi connectivity index (χ3v) is 5.30. The lowest BCUT2D eigenvalue weighted by Gasteiger charge is -2.19. The van der Waals surface area contributed by atoms with Gasteiger partial charge in [-0.15, -0.1) is 0 Å². The number of nitrogens with zero attached hydrogens (tertiary/aromatic N) is 1.